The van der Waals surface area contributed by atoms with E-state index in [9.17, 15) is 20.4 Å². The quantitative estimate of drug-likeness (QED) is 0.0366. The SMILES string of the molecule is [2H][C@@]1(OCC(COCCCCCCCC/C=C\C/C=C\CCCCC)OCCCCCCCC/C=C\C/C=C\CCCCC)O[C@H](CO)[C@H](O)[C@H](O)[C@H]1O. The first kappa shape index (κ1) is 47.8. The average Bonchev–Trinajstić information content (AvgIpc) is 3.18. The summed E-state index contributed by atoms with van der Waals surface area (Å²) in [6, 6.07) is 0. The Morgan fingerprint density at radius 3 is 1.49 bits per heavy atom. The lowest BCUT2D eigenvalue weighted by atomic mass is 9.99. The van der Waals surface area contributed by atoms with Gasteiger partial charge in [-0.05, 0) is 77.0 Å². The summed E-state index contributed by atoms with van der Waals surface area (Å²) in [7, 11) is 0. The summed E-state index contributed by atoms with van der Waals surface area (Å²) < 4.78 is 31.6. The minimum Gasteiger partial charge on any atom is -0.394 e. The van der Waals surface area contributed by atoms with Gasteiger partial charge in [0.25, 0.3) is 0 Å². The maximum absolute atomic E-state index is 10.5. The van der Waals surface area contributed by atoms with E-state index in [0.717, 1.165) is 57.8 Å². The predicted octanol–water partition coefficient (Wildman–Crippen LogP) is 9.83. The van der Waals surface area contributed by atoms with Crippen molar-refractivity contribution in [1.29, 1.82) is 0 Å². The van der Waals surface area contributed by atoms with Crippen molar-refractivity contribution in [2.45, 2.75) is 205 Å². The van der Waals surface area contributed by atoms with Crippen LogP contribution in [0.5, 0.6) is 0 Å². The normalized spacial score (nSPS) is 23.3. The molecule has 6 atom stereocenters. The fraction of sp³-hybridized carbons (Fsp3) is 0.822. The van der Waals surface area contributed by atoms with Crippen LogP contribution in [0.2, 0.25) is 0 Å². The van der Waals surface area contributed by atoms with Crippen LogP contribution in [-0.2, 0) is 18.9 Å². The molecule has 1 unspecified atom stereocenters. The van der Waals surface area contributed by atoms with Crippen LogP contribution in [0.3, 0.4) is 0 Å². The monoisotopic (exact) mass is 752 g/mol. The fourth-order valence-electron chi connectivity index (χ4n) is 6.17. The Bertz CT molecular complexity index is 941. The lowest BCUT2D eigenvalue weighted by Crippen LogP contribution is -2.59. The lowest BCUT2D eigenvalue weighted by molar-refractivity contribution is -0.306. The first-order valence-electron chi connectivity index (χ1n) is 22.2. The summed E-state index contributed by atoms with van der Waals surface area (Å²) in [5, 5.41) is 40.3. The van der Waals surface area contributed by atoms with Gasteiger partial charge in [-0.3, -0.25) is 0 Å². The van der Waals surface area contributed by atoms with E-state index in [1.165, 1.54) is 96.3 Å². The molecule has 1 fully saturated rings. The first-order chi connectivity index (χ1) is 26.4. The Hall–Kier alpha value is -1.36. The molecule has 1 rings (SSSR count). The van der Waals surface area contributed by atoms with E-state index < -0.39 is 43.4 Å². The van der Waals surface area contributed by atoms with Crippen molar-refractivity contribution in [2.24, 2.45) is 0 Å². The first-order valence-corrected chi connectivity index (χ1v) is 21.7. The number of ether oxygens (including phenoxy) is 4. The van der Waals surface area contributed by atoms with Gasteiger partial charge in [0.2, 0.25) is 0 Å². The summed E-state index contributed by atoms with van der Waals surface area (Å²) in [4.78, 5) is 0. The van der Waals surface area contributed by atoms with Gasteiger partial charge in [0, 0.05) is 13.2 Å². The lowest BCUT2D eigenvalue weighted by Gasteiger charge is -2.39. The highest BCUT2D eigenvalue weighted by Crippen LogP contribution is 2.22. The minimum absolute atomic E-state index is 0.104. The Morgan fingerprint density at radius 1 is 0.547 bits per heavy atom. The molecule has 8 nitrogen and oxygen atoms in total. The van der Waals surface area contributed by atoms with E-state index in [2.05, 4.69) is 62.5 Å². The second-order valence-electron chi connectivity index (χ2n) is 14.6. The van der Waals surface area contributed by atoms with Crippen molar-refractivity contribution in [1.82, 2.24) is 0 Å². The number of aliphatic hydroxyl groups excluding tert-OH is 4. The second-order valence-corrected chi connectivity index (χ2v) is 14.6. The van der Waals surface area contributed by atoms with Gasteiger partial charge >= 0.3 is 0 Å². The topological polar surface area (TPSA) is 118 Å². The van der Waals surface area contributed by atoms with E-state index in [0.29, 0.717) is 13.2 Å². The maximum Gasteiger partial charge on any atom is 0.186 e. The van der Waals surface area contributed by atoms with Crippen molar-refractivity contribution in [3.63, 3.8) is 0 Å². The highest BCUT2D eigenvalue weighted by molar-refractivity contribution is 4.93. The van der Waals surface area contributed by atoms with Crippen molar-refractivity contribution >= 4 is 0 Å². The van der Waals surface area contributed by atoms with Gasteiger partial charge in [0.15, 0.2) is 6.27 Å². The molecule has 0 spiro atoms. The van der Waals surface area contributed by atoms with Crippen molar-refractivity contribution in [2.75, 3.05) is 33.0 Å². The highest BCUT2D eigenvalue weighted by atomic mass is 16.7. The molecule has 0 radical (unpaired) electrons. The van der Waals surface area contributed by atoms with Crippen LogP contribution in [0.4, 0.5) is 0 Å². The molecule has 0 aliphatic carbocycles. The van der Waals surface area contributed by atoms with Gasteiger partial charge in [0.05, 0.1) is 21.2 Å². The average molecular weight is 752 g/mol. The molecule has 53 heavy (non-hydrogen) atoms. The summed E-state index contributed by atoms with van der Waals surface area (Å²) in [6.07, 6.45) is 37.4. The molecule has 1 aliphatic heterocycles. The number of allylic oxidation sites excluding steroid dienone is 8. The molecule has 1 saturated heterocycles. The van der Waals surface area contributed by atoms with Crippen LogP contribution in [0.15, 0.2) is 48.6 Å². The van der Waals surface area contributed by atoms with Crippen molar-refractivity contribution < 1.29 is 40.7 Å². The van der Waals surface area contributed by atoms with Gasteiger partial charge in [-0.15, -0.1) is 0 Å². The maximum atomic E-state index is 10.5. The Kier molecular flexibility index (Phi) is 33.9. The van der Waals surface area contributed by atoms with Gasteiger partial charge in [-0.25, -0.2) is 0 Å². The number of aliphatic hydroxyl groups is 4. The summed E-state index contributed by atoms with van der Waals surface area (Å²) in [6.45, 7) is 5.13. The Labute approximate surface area is 326 Å². The third kappa shape index (κ3) is 28.7. The minimum atomic E-state index is -2.35. The zero-order valence-electron chi connectivity index (χ0n) is 34.9. The van der Waals surface area contributed by atoms with Crippen LogP contribution >= 0.6 is 0 Å². The number of hydrogen-bond donors (Lipinski definition) is 4. The Balaban J connectivity index is 2.30. The zero-order valence-corrected chi connectivity index (χ0v) is 33.9. The smallest absolute Gasteiger partial charge is 0.186 e. The van der Waals surface area contributed by atoms with Crippen molar-refractivity contribution in [3.8, 4) is 0 Å². The largest absolute Gasteiger partial charge is 0.394 e. The molecule has 1 heterocycles. The zero-order chi connectivity index (χ0) is 39.4. The standard InChI is InChI=1S/C45H82O8/c1-3-5-7-9-11-13-15-17-19-21-23-25-27-29-31-33-35-50-38-40(39-52-45-44(49)43(48)42(47)41(37-46)53-45)51-36-34-32-30-28-26-24-22-20-18-16-14-12-10-8-6-4-2/h11-14,17-20,40-49H,3-10,15-16,21-39H2,1-2H3/b13-11-,14-12-,19-17-,20-18-/t40?,41-,42+,43+,44-,45-/m1/s1/i45D. The van der Waals surface area contributed by atoms with Gasteiger partial charge in [-0.2, -0.15) is 0 Å². The van der Waals surface area contributed by atoms with Crippen LogP contribution in [0.1, 0.15) is 169 Å². The summed E-state index contributed by atoms with van der Waals surface area (Å²) in [5.74, 6) is 0. The molecule has 0 aromatic rings. The third-order valence-electron chi connectivity index (χ3n) is 9.65. The van der Waals surface area contributed by atoms with E-state index in [1.807, 2.05) is 0 Å². The molecule has 0 aromatic carbocycles. The van der Waals surface area contributed by atoms with E-state index >= 15 is 0 Å². The molecule has 4 N–H and O–H groups in total. The number of rotatable bonds is 37. The third-order valence-corrected chi connectivity index (χ3v) is 9.65. The van der Waals surface area contributed by atoms with Crippen LogP contribution in [0.25, 0.3) is 0 Å². The van der Waals surface area contributed by atoms with Crippen LogP contribution < -0.4 is 0 Å². The molecule has 8 heteroatoms. The van der Waals surface area contributed by atoms with Crippen molar-refractivity contribution in [3.05, 3.63) is 48.6 Å². The second kappa shape index (κ2) is 37.6. The fourth-order valence-corrected chi connectivity index (χ4v) is 6.17. The molecule has 0 aromatic heterocycles. The number of hydrogen-bond acceptors (Lipinski definition) is 8. The molecule has 0 amide bonds. The summed E-state index contributed by atoms with van der Waals surface area (Å²) in [5.41, 5.74) is 0. The molecular formula is C45H82O8. The van der Waals surface area contributed by atoms with Gasteiger partial charge < -0.3 is 39.4 Å². The molecule has 1 aliphatic rings. The van der Waals surface area contributed by atoms with Gasteiger partial charge in [0.1, 0.15) is 30.5 Å². The molecular weight excluding hydrogens is 668 g/mol. The Morgan fingerprint density at radius 2 is 1.00 bits per heavy atom. The highest BCUT2D eigenvalue weighted by Gasteiger charge is 2.44. The van der Waals surface area contributed by atoms with E-state index in [1.54, 1.807) is 0 Å². The number of unbranched alkanes of at least 4 members (excludes halogenated alkanes) is 18. The molecule has 0 bridgehead atoms. The van der Waals surface area contributed by atoms with Gasteiger partial charge in [-0.1, -0.05) is 140 Å². The summed E-state index contributed by atoms with van der Waals surface area (Å²) >= 11 is 0. The van der Waals surface area contributed by atoms with E-state index in [-0.39, 0.29) is 13.2 Å². The predicted molar refractivity (Wildman–Crippen MR) is 219 cm³/mol. The van der Waals surface area contributed by atoms with Crippen LogP contribution in [-0.4, -0.2) is 90.2 Å². The molecule has 0 saturated carbocycles. The van der Waals surface area contributed by atoms with E-state index in [4.69, 9.17) is 20.3 Å². The molecule has 310 valence electrons. The van der Waals surface area contributed by atoms with Crippen LogP contribution in [0, 0.1) is 0 Å².